The lowest BCUT2D eigenvalue weighted by Gasteiger charge is -2.32. The molecule has 0 radical (unpaired) electrons. The first kappa shape index (κ1) is 23.4. The molecule has 5 nitrogen and oxygen atoms in total. The summed E-state index contributed by atoms with van der Waals surface area (Å²) in [5.74, 6) is 0. The van der Waals surface area contributed by atoms with Crippen LogP contribution in [0.15, 0.2) is 141 Å². The van der Waals surface area contributed by atoms with Crippen LogP contribution in [0.2, 0.25) is 0 Å². The summed E-state index contributed by atoms with van der Waals surface area (Å²) in [4.78, 5) is 0.259. The van der Waals surface area contributed by atoms with Crippen LogP contribution in [-0.4, -0.2) is 8.42 Å². The second-order valence-corrected chi connectivity index (χ2v) is 12.3. The van der Waals surface area contributed by atoms with Crippen molar-refractivity contribution in [3.8, 4) is 22.3 Å². The van der Waals surface area contributed by atoms with Crippen LogP contribution in [0.1, 0.15) is 0 Å². The number of rotatable bonds is 2. The first-order chi connectivity index (χ1) is 20.6. The number of furan rings is 2. The quantitative estimate of drug-likeness (QED) is 0.210. The maximum absolute atomic E-state index is 14.3. The van der Waals surface area contributed by atoms with Crippen molar-refractivity contribution in [3.05, 3.63) is 127 Å². The number of sulfonamides is 1. The average Bonchev–Trinajstić information content (AvgIpc) is 3.60. The first-order valence-electron chi connectivity index (χ1n) is 13.7. The Hall–Kier alpha value is -5.33. The van der Waals surface area contributed by atoms with Crippen LogP contribution in [-0.2, 0) is 10.0 Å². The molecule has 0 atom stereocenters. The Morgan fingerprint density at radius 1 is 0.500 bits per heavy atom. The Morgan fingerprint density at radius 2 is 1.17 bits per heavy atom. The van der Waals surface area contributed by atoms with Gasteiger partial charge in [0.15, 0.2) is 5.58 Å². The second kappa shape index (κ2) is 8.35. The first-order valence-corrected chi connectivity index (χ1v) is 15.1. The molecule has 0 spiro atoms. The molecular weight excluding hydrogens is 542 g/mol. The molecule has 42 heavy (non-hydrogen) atoms. The smallest absolute Gasteiger partial charge is 0.269 e. The Morgan fingerprint density at radius 3 is 2.05 bits per heavy atom. The van der Waals surface area contributed by atoms with Crippen LogP contribution < -0.4 is 4.31 Å². The molecule has 0 saturated heterocycles. The SMILES string of the molecule is O=S1(=O)c2ccccc2-c2cc(-c3cccc4oc5ccccc5c34)ccc2N1c1cccc2c1oc1ccccc12. The summed E-state index contributed by atoms with van der Waals surface area (Å²) in [6.07, 6.45) is 0. The van der Waals surface area contributed by atoms with E-state index in [1.165, 1.54) is 4.31 Å². The van der Waals surface area contributed by atoms with Gasteiger partial charge < -0.3 is 8.83 Å². The van der Waals surface area contributed by atoms with E-state index in [4.69, 9.17) is 8.83 Å². The molecule has 0 bridgehead atoms. The van der Waals surface area contributed by atoms with Crippen molar-refractivity contribution in [1.29, 1.82) is 0 Å². The van der Waals surface area contributed by atoms with E-state index in [0.29, 0.717) is 28.1 Å². The van der Waals surface area contributed by atoms with Crippen LogP contribution in [0, 0.1) is 0 Å². The van der Waals surface area contributed by atoms with Crippen molar-refractivity contribution in [1.82, 2.24) is 0 Å². The largest absolute Gasteiger partial charge is 0.456 e. The summed E-state index contributed by atoms with van der Waals surface area (Å²) >= 11 is 0. The minimum Gasteiger partial charge on any atom is -0.456 e. The zero-order valence-corrected chi connectivity index (χ0v) is 22.9. The summed E-state index contributed by atoms with van der Waals surface area (Å²) in [5, 5.41) is 3.89. The minimum atomic E-state index is -3.95. The number of para-hydroxylation sites is 3. The van der Waals surface area contributed by atoms with Crippen molar-refractivity contribution in [2.75, 3.05) is 4.31 Å². The molecule has 6 heteroatoms. The van der Waals surface area contributed by atoms with E-state index < -0.39 is 10.0 Å². The van der Waals surface area contributed by atoms with Crippen LogP contribution in [0.3, 0.4) is 0 Å². The molecule has 2 aromatic heterocycles. The lowest BCUT2D eigenvalue weighted by molar-refractivity contribution is 0.595. The van der Waals surface area contributed by atoms with Gasteiger partial charge in [-0.2, -0.15) is 0 Å². The van der Waals surface area contributed by atoms with E-state index in [-0.39, 0.29) is 4.90 Å². The maximum atomic E-state index is 14.3. The minimum absolute atomic E-state index is 0.259. The molecule has 0 fully saturated rings. The number of nitrogens with zero attached hydrogens (tertiary/aromatic N) is 1. The number of fused-ring (bicyclic) bond motifs is 9. The number of benzene rings is 6. The van der Waals surface area contributed by atoms with Crippen molar-refractivity contribution in [2.24, 2.45) is 0 Å². The van der Waals surface area contributed by atoms with Crippen LogP contribution in [0.4, 0.5) is 11.4 Å². The molecule has 200 valence electrons. The highest BCUT2D eigenvalue weighted by atomic mass is 32.2. The molecule has 1 aliphatic heterocycles. The Bertz CT molecular complexity index is 2500. The van der Waals surface area contributed by atoms with E-state index in [0.717, 1.165) is 49.4 Å². The highest BCUT2D eigenvalue weighted by molar-refractivity contribution is 7.93. The third-order valence-corrected chi connectivity index (χ3v) is 10.0. The van der Waals surface area contributed by atoms with Crippen molar-refractivity contribution in [3.63, 3.8) is 0 Å². The predicted molar refractivity (Wildman–Crippen MR) is 168 cm³/mol. The van der Waals surface area contributed by atoms with Crippen molar-refractivity contribution in [2.45, 2.75) is 4.90 Å². The third-order valence-electron chi connectivity index (χ3n) is 8.23. The fourth-order valence-corrected chi connectivity index (χ4v) is 8.13. The second-order valence-electron chi connectivity index (χ2n) is 10.5. The van der Waals surface area contributed by atoms with Gasteiger partial charge in [0, 0.05) is 32.7 Å². The summed E-state index contributed by atoms with van der Waals surface area (Å²) < 4.78 is 42.6. The molecule has 0 saturated carbocycles. The molecule has 3 heterocycles. The molecule has 9 rings (SSSR count). The van der Waals surface area contributed by atoms with Gasteiger partial charge in [0.1, 0.15) is 22.4 Å². The maximum Gasteiger partial charge on any atom is 0.269 e. The molecule has 0 amide bonds. The van der Waals surface area contributed by atoms with E-state index in [9.17, 15) is 8.42 Å². The summed E-state index contributed by atoms with van der Waals surface area (Å²) in [6, 6.07) is 40.7. The van der Waals surface area contributed by atoms with Crippen LogP contribution >= 0.6 is 0 Å². The Labute approximate surface area is 240 Å². The lowest BCUT2D eigenvalue weighted by atomic mass is 9.94. The normalized spacial score (nSPS) is 14.0. The van der Waals surface area contributed by atoms with Crippen molar-refractivity contribution >= 4 is 65.3 Å². The zero-order chi connectivity index (χ0) is 28.0. The van der Waals surface area contributed by atoms with Gasteiger partial charge in [0.05, 0.1) is 10.6 Å². The predicted octanol–water partition coefficient (Wildman–Crippen LogP) is 9.66. The fourth-order valence-electron chi connectivity index (χ4n) is 6.40. The van der Waals surface area contributed by atoms with Gasteiger partial charge in [-0.05, 0) is 53.6 Å². The molecule has 6 aromatic carbocycles. The van der Waals surface area contributed by atoms with E-state index in [1.807, 2.05) is 97.1 Å². The molecule has 1 aliphatic rings. The zero-order valence-electron chi connectivity index (χ0n) is 22.1. The van der Waals surface area contributed by atoms with Crippen molar-refractivity contribution < 1.29 is 17.3 Å². The van der Waals surface area contributed by atoms with Gasteiger partial charge in [-0.15, -0.1) is 0 Å². The summed E-state index contributed by atoms with van der Waals surface area (Å²) in [6.45, 7) is 0. The topological polar surface area (TPSA) is 63.7 Å². The van der Waals surface area contributed by atoms with E-state index in [1.54, 1.807) is 12.1 Å². The summed E-state index contributed by atoms with van der Waals surface area (Å²) in [5.41, 5.74) is 7.45. The summed E-state index contributed by atoms with van der Waals surface area (Å²) in [7, 11) is -3.95. The molecule has 0 unspecified atom stereocenters. The Balaban J connectivity index is 1.33. The van der Waals surface area contributed by atoms with Gasteiger partial charge in [0.2, 0.25) is 0 Å². The molecular formula is C36H21NO4S. The standard InChI is InChI=1S/C36H21NO4S/c38-42(39)34-18-6-3-10-25(34)28-21-22(23-12-8-17-33-35(23)27-11-2-5-16-32(27)40-33)19-20-29(28)37(42)30-14-7-13-26-24-9-1-4-15-31(24)41-36(26)30/h1-21H. The van der Waals surface area contributed by atoms with E-state index >= 15 is 0 Å². The molecule has 8 aromatic rings. The average molecular weight is 564 g/mol. The highest BCUT2D eigenvalue weighted by Crippen LogP contribution is 2.50. The third kappa shape index (κ3) is 3.10. The van der Waals surface area contributed by atoms with Gasteiger partial charge in [-0.1, -0.05) is 84.9 Å². The van der Waals surface area contributed by atoms with Gasteiger partial charge in [-0.3, -0.25) is 0 Å². The lowest BCUT2D eigenvalue weighted by Crippen LogP contribution is -2.30. The van der Waals surface area contributed by atoms with Gasteiger partial charge in [-0.25, -0.2) is 12.7 Å². The van der Waals surface area contributed by atoms with Crippen LogP contribution in [0.25, 0.3) is 66.1 Å². The van der Waals surface area contributed by atoms with E-state index in [2.05, 4.69) is 18.2 Å². The number of anilines is 2. The van der Waals surface area contributed by atoms with Crippen LogP contribution in [0.5, 0.6) is 0 Å². The highest BCUT2D eigenvalue weighted by Gasteiger charge is 2.37. The van der Waals surface area contributed by atoms with Gasteiger partial charge >= 0.3 is 0 Å². The Kier molecular flexibility index (Phi) is 4.65. The number of hydrogen-bond acceptors (Lipinski definition) is 4. The van der Waals surface area contributed by atoms with Gasteiger partial charge in [0.25, 0.3) is 10.0 Å². The fraction of sp³-hybridized carbons (Fsp3) is 0. The molecule has 0 aliphatic carbocycles. The number of hydrogen-bond donors (Lipinski definition) is 0. The monoisotopic (exact) mass is 563 g/mol. The molecule has 0 N–H and O–H groups in total.